The van der Waals surface area contributed by atoms with Gasteiger partial charge in [-0.15, -0.1) is 0 Å². The van der Waals surface area contributed by atoms with Crippen molar-refractivity contribution in [2.75, 3.05) is 0 Å². The van der Waals surface area contributed by atoms with Crippen LogP contribution in [0.1, 0.15) is 46.5 Å². The zero-order chi connectivity index (χ0) is 14.8. The molecule has 0 spiro atoms. The standard InChI is InChI=1S/C15H24O5/c1-10-7-5-4-6-8-12-14(20-15(2,3)19-12)11(16)9-13(17)18-10/h4,6,10-12,14,16H,5,7-9H2,1-3H3/b6-4+/t10?,11?,12-,14+/m0/s1. The van der Waals surface area contributed by atoms with Gasteiger partial charge in [-0.3, -0.25) is 4.79 Å². The lowest BCUT2D eigenvalue weighted by atomic mass is 10.0. The average molecular weight is 284 g/mol. The molecule has 2 unspecified atom stereocenters. The van der Waals surface area contributed by atoms with E-state index in [1.807, 2.05) is 26.8 Å². The van der Waals surface area contributed by atoms with Gasteiger partial charge in [-0.1, -0.05) is 12.2 Å². The summed E-state index contributed by atoms with van der Waals surface area (Å²) >= 11 is 0. The molecule has 0 radical (unpaired) electrons. The van der Waals surface area contributed by atoms with Crippen molar-refractivity contribution in [2.45, 2.75) is 76.7 Å². The highest BCUT2D eigenvalue weighted by Crippen LogP contribution is 2.33. The summed E-state index contributed by atoms with van der Waals surface area (Å²) < 4.78 is 16.8. The molecule has 0 aromatic carbocycles. The van der Waals surface area contributed by atoms with Gasteiger partial charge in [0, 0.05) is 0 Å². The summed E-state index contributed by atoms with van der Waals surface area (Å²) in [5.74, 6) is -1.12. The molecule has 5 nitrogen and oxygen atoms in total. The smallest absolute Gasteiger partial charge is 0.308 e. The fourth-order valence-corrected chi connectivity index (χ4v) is 2.67. The molecule has 2 heterocycles. The molecule has 0 aliphatic carbocycles. The van der Waals surface area contributed by atoms with Gasteiger partial charge in [-0.25, -0.2) is 0 Å². The minimum atomic E-state index is -0.908. The highest BCUT2D eigenvalue weighted by Gasteiger charge is 2.44. The summed E-state index contributed by atoms with van der Waals surface area (Å²) in [7, 11) is 0. The van der Waals surface area contributed by atoms with Crippen molar-refractivity contribution in [3.8, 4) is 0 Å². The molecule has 5 heteroatoms. The van der Waals surface area contributed by atoms with Crippen LogP contribution in [0, 0.1) is 0 Å². The van der Waals surface area contributed by atoms with Gasteiger partial charge in [-0.2, -0.15) is 0 Å². The molecule has 4 atom stereocenters. The van der Waals surface area contributed by atoms with Crippen molar-refractivity contribution < 1.29 is 24.1 Å². The molecule has 20 heavy (non-hydrogen) atoms. The summed E-state index contributed by atoms with van der Waals surface area (Å²) in [4.78, 5) is 11.8. The van der Waals surface area contributed by atoms with Crippen molar-refractivity contribution >= 4 is 5.97 Å². The maximum Gasteiger partial charge on any atom is 0.308 e. The molecular formula is C15H24O5. The van der Waals surface area contributed by atoms with E-state index in [0.717, 1.165) is 12.8 Å². The Balaban J connectivity index is 2.11. The van der Waals surface area contributed by atoms with Crippen LogP contribution in [-0.2, 0) is 19.0 Å². The third-order valence-electron chi connectivity index (χ3n) is 3.58. The van der Waals surface area contributed by atoms with E-state index in [2.05, 4.69) is 6.08 Å². The number of cyclic esters (lactones) is 1. The number of aliphatic hydroxyl groups is 1. The van der Waals surface area contributed by atoms with Gasteiger partial charge in [0.25, 0.3) is 0 Å². The summed E-state index contributed by atoms with van der Waals surface area (Å²) in [6, 6.07) is 0. The Hall–Kier alpha value is -0.910. The van der Waals surface area contributed by atoms with E-state index in [0.29, 0.717) is 6.42 Å². The molecule has 0 saturated carbocycles. The van der Waals surface area contributed by atoms with E-state index in [1.54, 1.807) is 0 Å². The fraction of sp³-hybridized carbons (Fsp3) is 0.800. The van der Waals surface area contributed by atoms with E-state index in [9.17, 15) is 9.90 Å². The summed E-state index contributed by atoms with van der Waals surface area (Å²) in [6.07, 6.45) is 4.59. The number of fused-ring (bicyclic) bond motifs is 1. The summed E-state index contributed by atoms with van der Waals surface area (Å²) in [5.41, 5.74) is 0. The molecule has 2 rings (SSSR count). The maximum atomic E-state index is 11.8. The second kappa shape index (κ2) is 6.24. The van der Waals surface area contributed by atoms with Gasteiger partial charge in [0.15, 0.2) is 5.79 Å². The van der Waals surface area contributed by atoms with Gasteiger partial charge in [0.2, 0.25) is 0 Å². The fourth-order valence-electron chi connectivity index (χ4n) is 2.67. The molecule has 1 saturated heterocycles. The number of carbonyl (C=O) groups excluding carboxylic acids is 1. The largest absolute Gasteiger partial charge is 0.463 e. The zero-order valence-electron chi connectivity index (χ0n) is 12.4. The van der Waals surface area contributed by atoms with Crippen LogP contribution in [0.15, 0.2) is 12.2 Å². The van der Waals surface area contributed by atoms with Crippen LogP contribution in [0.4, 0.5) is 0 Å². The Labute approximate surface area is 119 Å². The van der Waals surface area contributed by atoms with Crippen LogP contribution >= 0.6 is 0 Å². The Bertz CT molecular complexity index is 376. The van der Waals surface area contributed by atoms with Crippen molar-refractivity contribution in [3.05, 3.63) is 12.2 Å². The van der Waals surface area contributed by atoms with Crippen LogP contribution in [0.3, 0.4) is 0 Å². The van der Waals surface area contributed by atoms with Crippen molar-refractivity contribution in [1.82, 2.24) is 0 Å². The van der Waals surface area contributed by atoms with Crippen molar-refractivity contribution in [1.29, 1.82) is 0 Å². The predicted octanol–water partition coefficient (Wildman–Crippen LogP) is 1.93. The summed E-state index contributed by atoms with van der Waals surface area (Å²) in [5, 5.41) is 10.2. The number of rotatable bonds is 0. The Kier molecular flexibility index (Phi) is 4.83. The third-order valence-corrected chi connectivity index (χ3v) is 3.58. The van der Waals surface area contributed by atoms with Crippen LogP contribution in [0.2, 0.25) is 0 Å². The number of hydrogen-bond donors (Lipinski definition) is 1. The Morgan fingerprint density at radius 3 is 2.80 bits per heavy atom. The molecule has 0 aromatic heterocycles. The SMILES string of the molecule is CC1CC/C=C/C[C@@H]2OC(C)(C)O[C@@H]2C(O)CC(=O)O1. The first-order valence-electron chi connectivity index (χ1n) is 7.25. The molecule has 0 aromatic rings. The number of esters is 1. The molecular weight excluding hydrogens is 260 g/mol. The first-order valence-corrected chi connectivity index (χ1v) is 7.25. The second-order valence-electron chi connectivity index (χ2n) is 6.00. The Morgan fingerprint density at radius 1 is 1.30 bits per heavy atom. The van der Waals surface area contributed by atoms with E-state index < -0.39 is 18.0 Å². The topological polar surface area (TPSA) is 65.0 Å². The highest BCUT2D eigenvalue weighted by atomic mass is 16.8. The summed E-state index contributed by atoms with van der Waals surface area (Å²) in [6.45, 7) is 5.49. The quantitative estimate of drug-likeness (QED) is 0.544. The van der Waals surface area contributed by atoms with E-state index >= 15 is 0 Å². The monoisotopic (exact) mass is 284 g/mol. The number of allylic oxidation sites excluding steroid dienone is 1. The average Bonchev–Trinajstić information content (AvgIpc) is 2.62. The van der Waals surface area contributed by atoms with Gasteiger partial charge in [0.05, 0.1) is 24.7 Å². The molecule has 1 N–H and O–H groups in total. The van der Waals surface area contributed by atoms with Crippen molar-refractivity contribution in [3.63, 3.8) is 0 Å². The van der Waals surface area contributed by atoms with Gasteiger partial charge in [-0.05, 0) is 40.0 Å². The molecule has 0 amide bonds. The molecule has 0 bridgehead atoms. The number of carbonyl (C=O) groups is 1. The maximum absolute atomic E-state index is 11.8. The van der Waals surface area contributed by atoms with E-state index in [-0.39, 0.29) is 24.6 Å². The van der Waals surface area contributed by atoms with Crippen molar-refractivity contribution in [2.24, 2.45) is 0 Å². The van der Waals surface area contributed by atoms with Crippen LogP contribution in [0.5, 0.6) is 0 Å². The minimum Gasteiger partial charge on any atom is -0.463 e. The first kappa shape index (κ1) is 15.5. The normalized spacial score (nSPS) is 40.1. The molecule has 1 fully saturated rings. The predicted molar refractivity (Wildman–Crippen MR) is 73.0 cm³/mol. The lowest BCUT2D eigenvalue weighted by Crippen LogP contribution is -2.37. The van der Waals surface area contributed by atoms with Crippen LogP contribution in [0.25, 0.3) is 0 Å². The van der Waals surface area contributed by atoms with Gasteiger partial charge in [0.1, 0.15) is 6.10 Å². The van der Waals surface area contributed by atoms with Gasteiger partial charge >= 0.3 is 5.97 Å². The Morgan fingerprint density at radius 2 is 2.05 bits per heavy atom. The second-order valence-corrected chi connectivity index (χ2v) is 6.00. The van der Waals surface area contributed by atoms with Crippen LogP contribution in [-0.4, -0.2) is 41.3 Å². The number of aliphatic hydroxyl groups excluding tert-OH is 1. The molecule has 2 aliphatic heterocycles. The highest BCUT2D eigenvalue weighted by molar-refractivity contribution is 5.70. The zero-order valence-corrected chi connectivity index (χ0v) is 12.4. The van der Waals surface area contributed by atoms with E-state index in [4.69, 9.17) is 14.2 Å². The lowest BCUT2D eigenvalue weighted by molar-refractivity contribution is -0.163. The number of hydrogen-bond acceptors (Lipinski definition) is 5. The number of ether oxygens (including phenoxy) is 3. The molecule has 2 aliphatic rings. The lowest BCUT2D eigenvalue weighted by Gasteiger charge is -2.22. The van der Waals surface area contributed by atoms with Gasteiger partial charge < -0.3 is 19.3 Å². The first-order chi connectivity index (χ1) is 9.37. The van der Waals surface area contributed by atoms with Crippen LogP contribution < -0.4 is 0 Å². The molecule has 114 valence electrons. The van der Waals surface area contributed by atoms with E-state index in [1.165, 1.54) is 0 Å². The third kappa shape index (κ3) is 4.04. The minimum absolute atomic E-state index is 0.0609.